The number of ether oxygens (including phenoxy) is 2. The third-order valence-corrected chi connectivity index (χ3v) is 12.1. The summed E-state index contributed by atoms with van der Waals surface area (Å²) in [4.78, 5) is 5.26. The topological polar surface area (TPSA) is 45.2 Å². The van der Waals surface area contributed by atoms with E-state index in [2.05, 4.69) is 89.2 Å². The van der Waals surface area contributed by atoms with Gasteiger partial charge in [-0.3, -0.25) is 9.80 Å². The maximum Gasteiger partial charge on any atom is 0.165 e. The van der Waals surface area contributed by atoms with Gasteiger partial charge in [0.1, 0.15) is 6.10 Å². The van der Waals surface area contributed by atoms with Gasteiger partial charge >= 0.3 is 0 Å². The van der Waals surface area contributed by atoms with Crippen LogP contribution in [0.1, 0.15) is 80.0 Å². The zero-order valence-corrected chi connectivity index (χ0v) is 28.4. The molecule has 2 fully saturated rings. The molecule has 7 rings (SSSR count). The van der Waals surface area contributed by atoms with Crippen molar-refractivity contribution in [3.8, 4) is 11.5 Å². The molecule has 4 aliphatic rings. The molecule has 47 heavy (non-hydrogen) atoms. The first-order valence-corrected chi connectivity index (χ1v) is 18.4. The first kappa shape index (κ1) is 32.4. The number of aliphatic hydroxyl groups is 1. The molecule has 3 aromatic rings. The summed E-state index contributed by atoms with van der Waals surface area (Å²) >= 11 is 0. The zero-order valence-electron chi connectivity index (χ0n) is 28.4. The minimum atomic E-state index is -0.823. The molecule has 2 heterocycles. The van der Waals surface area contributed by atoms with Crippen molar-refractivity contribution in [2.75, 3.05) is 33.3 Å². The van der Waals surface area contributed by atoms with E-state index in [9.17, 15) is 5.11 Å². The average Bonchev–Trinajstić information content (AvgIpc) is 3.45. The molecule has 1 N–H and O–H groups in total. The van der Waals surface area contributed by atoms with Gasteiger partial charge in [0.25, 0.3) is 0 Å². The van der Waals surface area contributed by atoms with Crippen LogP contribution in [0.3, 0.4) is 0 Å². The van der Waals surface area contributed by atoms with Gasteiger partial charge in [0.2, 0.25) is 0 Å². The van der Waals surface area contributed by atoms with Crippen LogP contribution in [0, 0.1) is 0 Å². The number of likely N-dealkylation sites (tertiary alicyclic amines) is 1. The molecule has 2 bridgehead atoms. The highest BCUT2D eigenvalue weighted by atomic mass is 16.5. The quantitative estimate of drug-likeness (QED) is 0.130. The Hall–Kier alpha value is -3.12. The Balaban J connectivity index is 1.12. The number of rotatable bonds is 16. The standard InChI is InChI=1S/C42H54N2O3/c1-3-27-44-30-26-41-38-34-22-23-36(46-2)39(38)47-40(41)35(24-25-42(41,45)37(44)31-34)43(29-15-13-21-33-19-11-7-12-20-33)28-14-5-4-8-16-32-17-9-6-10-18-32/h3,6-7,9-12,17-20,22-23,35,37,40,45H,1,4-5,8,13-16,21,24-31H2,2H3/t35?,37-,40?,41+,42-/m1/s1. The summed E-state index contributed by atoms with van der Waals surface area (Å²) in [6, 6.07) is 26.5. The minimum absolute atomic E-state index is 0.0767. The Bertz CT molecular complexity index is 1490. The van der Waals surface area contributed by atoms with Crippen molar-refractivity contribution in [2.45, 2.75) is 106 Å². The normalized spacial score (nSPS) is 27.3. The molecule has 5 heteroatoms. The number of piperidine rings is 1. The van der Waals surface area contributed by atoms with E-state index in [1.165, 1.54) is 60.8 Å². The second-order valence-corrected chi connectivity index (χ2v) is 14.6. The monoisotopic (exact) mass is 634 g/mol. The molecule has 5 atom stereocenters. The molecule has 0 radical (unpaired) electrons. The van der Waals surface area contributed by atoms with E-state index in [0.29, 0.717) is 0 Å². The van der Waals surface area contributed by atoms with E-state index in [1.807, 2.05) is 6.08 Å². The number of benzene rings is 3. The van der Waals surface area contributed by atoms with Gasteiger partial charge in [-0.2, -0.15) is 0 Å². The van der Waals surface area contributed by atoms with Crippen molar-refractivity contribution in [3.05, 3.63) is 108 Å². The van der Waals surface area contributed by atoms with Gasteiger partial charge in [-0.1, -0.05) is 85.6 Å². The number of aryl methyl sites for hydroxylation is 2. The average molecular weight is 635 g/mol. The number of hydrogen-bond donors (Lipinski definition) is 1. The van der Waals surface area contributed by atoms with Crippen LogP contribution in [0.25, 0.3) is 0 Å². The SMILES string of the molecule is C=CCN1CC[C@]23c4c5ccc(OC)c4OC2C(N(CCCCCCc2ccccc2)CCCCc2ccccc2)CC[C@@]3(O)[C@H]1C5. The highest BCUT2D eigenvalue weighted by molar-refractivity contribution is 5.63. The van der Waals surface area contributed by atoms with Gasteiger partial charge in [-0.15, -0.1) is 6.58 Å². The maximum atomic E-state index is 13.0. The van der Waals surface area contributed by atoms with Gasteiger partial charge in [0, 0.05) is 24.2 Å². The number of methoxy groups -OCH3 is 1. The highest BCUT2D eigenvalue weighted by Gasteiger charge is 2.73. The Morgan fingerprint density at radius 1 is 0.894 bits per heavy atom. The fourth-order valence-electron chi connectivity index (χ4n) is 9.89. The summed E-state index contributed by atoms with van der Waals surface area (Å²) < 4.78 is 13.1. The van der Waals surface area contributed by atoms with E-state index in [-0.39, 0.29) is 18.2 Å². The molecule has 250 valence electrons. The van der Waals surface area contributed by atoms with E-state index in [4.69, 9.17) is 9.47 Å². The summed E-state index contributed by atoms with van der Waals surface area (Å²) in [5.74, 6) is 1.72. The van der Waals surface area contributed by atoms with Gasteiger partial charge in [0.05, 0.1) is 18.1 Å². The Morgan fingerprint density at radius 2 is 1.55 bits per heavy atom. The van der Waals surface area contributed by atoms with Crippen LogP contribution in [0.5, 0.6) is 11.5 Å². The lowest BCUT2D eigenvalue weighted by Gasteiger charge is -2.65. The maximum absolute atomic E-state index is 13.0. The van der Waals surface area contributed by atoms with Gasteiger partial charge < -0.3 is 14.6 Å². The predicted molar refractivity (Wildman–Crippen MR) is 191 cm³/mol. The van der Waals surface area contributed by atoms with Gasteiger partial charge in [-0.25, -0.2) is 0 Å². The smallest absolute Gasteiger partial charge is 0.165 e. The first-order valence-electron chi connectivity index (χ1n) is 18.4. The van der Waals surface area contributed by atoms with E-state index in [1.54, 1.807) is 7.11 Å². The van der Waals surface area contributed by atoms with Crippen molar-refractivity contribution in [1.29, 1.82) is 0 Å². The summed E-state index contributed by atoms with van der Waals surface area (Å²) in [6.45, 7) is 7.99. The van der Waals surface area contributed by atoms with E-state index >= 15 is 0 Å². The first-order chi connectivity index (χ1) is 23.1. The number of unbranched alkanes of at least 4 members (excludes halogenated alkanes) is 4. The van der Waals surface area contributed by atoms with Gasteiger partial charge in [0.15, 0.2) is 11.5 Å². The molecule has 2 unspecified atom stereocenters. The third-order valence-electron chi connectivity index (χ3n) is 12.1. The molecule has 3 aromatic carbocycles. The molecule has 1 spiro atoms. The molecule has 0 aromatic heterocycles. The second-order valence-electron chi connectivity index (χ2n) is 14.6. The zero-order chi connectivity index (χ0) is 32.3. The molecular weight excluding hydrogens is 580 g/mol. The predicted octanol–water partition coefficient (Wildman–Crippen LogP) is 7.53. The summed E-state index contributed by atoms with van der Waals surface area (Å²) in [6.07, 6.45) is 15.0. The fraction of sp³-hybridized carbons (Fsp3) is 0.524. The molecule has 1 saturated carbocycles. The molecular formula is C42H54N2O3. The van der Waals surface area contributed by atoms with Crippen molar-refractivity contribution in [2.24, 2.45) is 0 Å². The fourth-order valence-corrected chi connectivity index (χ4v) is 9.89. The van der Waals surface area contributed by atoms with E-state index in [0.717, 1.165) is 76.2 Å². The summed E-state index contributed by atoms with van der Waals surface area (Å²) in [7, 11) is 1.75. The highest BCUT2D eigenvalue weighted by Crippen LogP contribution is 2.66. The van der Waals surface area contributed by atoms with Crippen LogP contribution in [0.15, 0.2) is 85.5 Å². The number of hydrogen-bond acceptors (Lipinski definition) is 5. The van der Waals surface area contributed by atoms with Crippen molar-refractivity contribution >= 4 is 0 Å². The third kappa shape index (κ3) is 5.94. The van der Waals surface area contributed by atoms with Crippen LogP contribution in [-0.2, 0) is 24.7 Å². The molecule has 0 amide bonds. The van der Waals surface area contributed by atoms with Crippen LogP contribution in [0.2, 0.25) is 0 Å². The summed E-state index contributed by atoms with van der Waals surface area (Å²) in [5.41, 5.74) is 4.23. The van der Waals surface area contributed by atoms with Crippen molar-refractivity contribution in [3.63, 3.8) is 0 Å². The lowest BCUT2D eigenvalue weighted by atomic mass is 9.48. The minimum Gasteiger partial charge on any atom is -0.493 e. The van der Waals surface area contributed by atoms with Crippen molar-refractivity contribution < 1.29 is 14.6 Å². The Labute approximate surface area is 282 Å². The van der Waals surface area contributed by atoms with Gasteiger partial charge in [-0.05, 0) is 107 Å². The molecule has 2 aliphatic heterocycles. The van der Waals surface area contributed by atoms with Crippen LogP contribution in [0.4, 0.5) is 0 Å². The van der Waals surface area contributed by atoms with E-state index < -0.39 is 11.0 Å². The Morgan fingerprint density at radius 3 is 2.23 bits per heavy atom. The van der Waals surface area contributed by atoms with Crippen LogP contribution >= 0.6 is 0 Å². The molecule has 5 nitrogen and oxygen atoms in total. The van der Waals surface area contributed by atoms with Crippen molar-refractivity contribution in [1.82, 2.24) is 9.80 Å². The Kier molecular flexibility index (Phi) is 9.77. The summed E-state index contributed by atoms with van der Waals surface area (Å²) in [5, 5.41) is 13.0. The molecule has 2 aliphatic carbocycles. The molecule has 1 saturated heterocycles. The van der Waals surface area contributed by atoms with Crippen LogP contribution < -0.4 is 9.47 Å². The van der Waals surface area contributed by atoms with Crippen LogP contribution in [-0.4, -0.2) is 72.0 Å². The largest absolute Gasteiger partial charge is 0.493 e. The lowest BCUT2D eigenvalue weighted by Crippen LogP contribution is -2.78. The number of nitrogens with zero attached hydrogens (tertiary/aromatic N) is 2. The lowest BCUT2D eigenvalue weighted by molar-refractivity contribution is -0.198. The second kappa shape index (κ2) is 14.2.